The molecule has 51 heavy (non-hydrogen) atoms. The van der Waals surface area contributed by atoms with Crippen molar-refractivity contribution in [2.45, 2.75) is 100 Å². The van der Waals surface area contributed by atoms with Crippen LogP contribution >= 0.6 is 11.5 Å². The molecule has 0 saturated heterocycles. The van der Waals surface area contributed by atoms with Gasteiger partial charge in [-0.3, -0.25) is 9.78 Å². The van der Waals surface area contributed by atoms with E-state index in [-0.39, 0.29) is 47.9 Å². The van der Waals surface area contributed by atoms with Gasteiger partial charge in [-0.2, -0.15) is 0 Å². The molecule has 0 unspecified atom stereocenters. The zero-order valence-electron chi connectivity index (χ0n) is 31.8. The van der Waals surface area contributed by atoms with Crippen LogP contribution in [-0.4, -0.2) is 24.6 Å². The molecule has 5 nitrogen and oxygen atoms in total. The first-order valence-electron chi connectivity index (χ1n) is 17.9. The Morgan fingerprint density at radius 1 is 0.882 bits per heavy atom. The Morgan fingerprint density at radius 2 is 1.49 bits per heavy atom. The van der Waals surface area contributed by atoms with Crippen LogP contribution in [0.5, 0.6) is 0 Å². The molecule has 6 aromatic rings. The Morgan fingerprint density at radius 3 is 2.10 bits per heavy atom. The fourth-order valence-electron chi connectivity index (χ4n) is 6.29. The SMILES string of the molecule is CCC(C)(CC)C(=O)/C=C(\O)C(C)(CC)CC.Cc1c(-c2ccccc2)sn2c1nc1c(-c3[c-]c4ccccc4c(C(C)(C)C)c3)nccc12.[Ir]. The number of nitrogens with zero attached hydrogens (tertiary/aromatic N) is 3. The number of aromatic nitrogens is 3. The van der Waals surface area contributed by atoms with E-state index in [9.17, 15) is 9.90 Å². The first-order chi connectivity index (χ1) is 23.7. The molecule has 0 aliphatic carbocycles. The average Bonchev–Trinajstić information content (AvgIpc) is 3.66. The van der Waals surface area contributed by atoms with Crippen molar-refractivity contribution in [2.24, 2.45) is 10.8 Å². The molecule has 3 aromatic carbocycles. The van der Waals surface area contributed by atoms with Crippen LogP contribution < -0.4 is 0 Å². The molecule has 0 spiro atoms. The van der Waals surface area contributed by atoms with Gasteiger partial charge in [0.15, 0.2) is 11.4 Å². The Kier molecular flexibility index (Phi) is 12.5. The van der Waals surface area contributed by atoms with Gasteiger partial charge in [0.1, 0.15) is 5.76 Å². The summed E-state index contributed by atoms with van der Waals surface area (Å²) in [6.07, 6.45) is 6.65. The topological polar surface area (TPSA) is 67.5 Å². The third-order valence-corrected chi connectivity index (χ3v) is 12.1. The molecule has 271 valence electrons. The van der Waals surface area contributed by atoms with Gasteiger partial charge in [0.05, 0.1) is 15.9 Å². The molecule has 3 heterocycles. The van der Waals surface area contributed by atoms with Crippen molar-refractivity contribution >= 4 is 44.8 Å². The van der Waals surface area contributed by atoms with Crippen LogP contribution in [0.15, 0.2) is 84.8 Å². The first kappa shape index (κ1) is 40.1. The predicted molar refractivity (Wildman–Crippen MR) is 212 cm³/mol. The van der Waals surface area contributed by atoms with Gasteiger partial charge in [-0.25, -0.2) is 8.77 Å². The number of hydrogen-bond donors (Lipinski definition) is 1. The maximum Gasteiger partial charge on any atom is 0.164 e. The summed E-state index contributed by atoms with van der Waals surface area (Å²) in [6.45, 7) is 21.0. The number of carbonyl (C=O) groups is 1. The molecule has 7 heteroatoms. The number of aliphatic hydroxyl groups is 1. The van der Waals surface area contributed by atoms with E-state index < -0.39 is 0 Å². The fraction of sp³-hybridized carbons (Fsp3) is 0.386. The predicted octanol–water partition coefficient (Wildman–Crippen LogP) is 12.5. The molecule has 0 bridgehead atoms. The maximum atomic E-state index is 12.2. The second kappa shape index (κ2) is 15.9. The van der Waals surface area contributed by atoms with Crippen molar-refractivity contribution < 1.29 is 30.0 Å². The summed E-state index contributed by atoms with van der Waals surface area (Å²) in [5, 5.41) is 12.5. The number of imidazole rings is 1. The van der Waals surface area contributed by atoms with E-state index in [2.05, 4.69) is 104 Å². The van der Waals surface area contributed by atoms with E-state index in [1.807, 2.05) is 47.7 Å². The van der Waals surface area contributed by atoms with E-state index in [1.54, 1.807) is 11.5 Å². The van der Waals surface area contributed by atoms with Crippen LogP contribution in [0.2, 0.25) is 0 Å². The number of ketones is 1. The second-order valence-corrected chi connectivity index (χ2v) is 15.9. The van der Waals surface area contributed by atoms with E-state index >= 15 is 0 Å². The van der Waals surface area contributed by atoms with Crippen LogP contribution in [0.1, 0.15) is 99.1 Å². The quantitative estimate of drug-likeness (QED) is 0.0892. The number of aryl methyl sites for hydroxylation is 1. The molecule has 0 amide bonds. The van der Waals surface area contributed by atoms with Crippen molar-refractivity contribution in [1.29, 1.82) is 0 Å². The van der Waals surface area contributed by atoms with E-state index in [1.165, 1.54) is 33.0 Å². The van der Waals surface area contributed by atoms with Gasteiger partial charge in [-0.05, 0) is 49.7 Å². The summed E-state index contributed by atoms with van der Waals surface area (Å²) >= 11 is 1.74. The van der Waals surface area contributed by atoms with Crippen molar-refractivity contribution in [1.82, 2.24) is 13.8 Å². The van der Waals surface area contributed by atoms with Crippen molar-refractivity contribution in [2.75, 3.05) is 0 Å². The number of rotatable bonds is 9. The normalized spacial score (nSPS) is 12.5. The van der Waals surface area contributed by atoms with Gasteiger partial charge in [0.2, 0.25) is 0 Å². The number of aliphatic hydroxyl groups excluding tert-OH is 1. The summed E-state index contributed by atoms with van der Waals surface area (Å²) in [5.41, 5.74) is 8.03. The van der Waals surface area contributed by atoms with Crippen molar-refractivity contribution in [3.8, 4) is 21.7 Å². The molecule has 1 radical (unpaired) electrons. The third kappa shape index (κ3) is 7.91. The van der Waals surface area contributed by atoms with E-state index in [0.717, 1.165) is 59.0 Å². The van der Waals surface area contributed by atoms with Gasteiger partial charge < -0.3 is 5.11 Å². The number of allylic oxidation sites excluding steroid dienone is 2. The van der Waals surface area contributed by atoms with Gasteiger partial charge in [0, 0.05) is 54.5 Å². The van der Waals surface area contributed by atoms with Crippen molar-refractivity contribution in [3.05, 3.63) is 102 Å². The zero-order chi connectivity index (χ0) is 36.4. The van der Waals surface area contributed by atoms with Crippen LogP contribution in [0.3, 0.4) is 0 Å². The largest absolute Gasteiger partial charge is 0.512 e. The molecule has 0 aliphatic rings. The molecular weight excluding hydrogens is 827 g/mol. The minimum atomic E-state index is -0.337. The number of pyridine rings is 1. The summed E-state index contributed by atoms with van der Waals surface area (Å²) in [4.78, 5) is 23.3. The molecule has 0 saturated carbocycles. The minimum absolute atomic E-state index is 0. The standard InChI is InChI=1S/C29H24N3S.C15H28O2.Ir/c1-18-27(19-10-6-5-7-11-19)33-32-24-14-15-30-25(26(24)31-28(18)32)21-16-20-12-8-9-13-22(20)23(17-21)29(2,3)4;1-7-14(5,8-2)12(16)11-13(17)15(6,9-3)10-4;/h5-15,17H,1-4H3;11,16H,7-10H2,1-6H3;/q-1;;/b;12-11-;. The van der Waals surface area contributed by atoms with E-state index in [0.29, 0.717) is 0 Å². The zero-order valence-corrected chi connectivity index (χ0v) is 35.0. The second-order valence-electron chi connectivity index (χ2n) is 15.0. The van der Waals surface area contributed by atoms with Gasteiger partial charge in [-0.1, -0.05) is 133 Å². The maximum absolute atomic E-state index is 12.2. The molecule has 0 fully saturated rings. The minimum Gasteiger partial charge on any atom is -0.512 e. The summed E-state index contributed by atoms with van der Waals surface area (Å²) in [5.74, 6) is 0.286. The molecule has 1 N–H and O–H groups in total. The number of benzene rings is 3. The van der Waals surface area contributed by atoms with Gasteiger partial charge in [0.25, 0.3) is 0 Å². The Labute approximate surface area is 321 Å². The number of carbonyl (C=O) groups excluding carboxylic acids is 1. The van der Waals surface area contributed by atoms with Gasteiger partial charge in [-0.15, -0.1) is 29.1 Å². The third-order valence-electron chi connectivity index (χ3n) is 10.9. The average molecular weight is 879 g/mol. The molecule has 3 aromatic heterocycles. The van der Waals surface area contributed by atoms with Crippen molar-refractivity contribution in [3.63, 3.8) is 0 Å². The molecule has 6 rings (SSSR count). The summed E-state index contributed by atoms with van der Waals surface area (Å²) in [7, 11) is 0. The molecule has 0 aliphatic heterocycles. The number of fused-ring (bicyclic) bond motifs is 4. The number of hydrogen-bond acceptors (Lipinski definition) is 5. The Bertz CT molecular complexity index is 2160. The molecular formula is C44H52IrN3O2S-. The first-order valence-corrected chi connectivity index (χ1v) is 18.7. The van der Waals surface area contributed by atoms with E-state index in [4.69, 9.17) is 9.97 Å². The van der Waals surface area contributed by atoms with Gasteiger partial charge >= 0.3 is 0 Å². The Balaban J connectivity index is 0.000000279. The summed E-state index contributed by atoms with van der Waals surface area (Å²) < 4.78 is 2.24. The molecule has 0 atom stereocenters. The van der Waals surface area contributed by atoms with Crippen LogP contribution in [-0.2, 0) is 30.3 Å². The van der Waals surface area contributed by atoms with Crippen LogP contribution in [0.4, 0.5) is 0 Å². The monoisotopic (exact) mass is 879 g/mol. The van der Waals surface area contributed by atoms with Crippen LogP contribution in [0.25, 0.3) is 49.2 Å². The fourth-order valence-corrected chi connectivity index (χ4v) is 7.45. The Hall–Kier alpha value is -3.64. The smallest absolute Gasteiger partial charge is 0.164 e. The van der Waals surface area contributed by atoms with Crippen LogP contribution in [0, 0.1) is 23.8 Å². The summed E-state index contributed by atoms with van der Waals surface area (Å²) in [6, 6.07) is 27.0.